The van der Waals surface area contributed by atoms with E-state index in [0.29, 0.717) is 29.4 Å². The van der Waals surface area contributed by atoms with Gasteiger partial charge >= 0.3 is 0 Å². The zero-order chi connectivity index (χ0) is 14.0. The van der Waals surface area contributed by atoms with Crippen LogP contribution in [0.25, 0.3) is 0 Å². The van der Waals surface area contributed by atoms with Gasteiger partial charge in [0.2, 0.25) is 5.91 Å². The smallest absolute Gasteiger partial charge is 0.252 e. The Balaban J connectivity index is 2.03. The van der Waals surface area contributed by atoms with Gasteiger partial charge in [-0.2, -0.15) is 0 Å². The molecule has 6 heteroatoms. The van der Waals surface area contributed by atoms with Gasteiger partial charge in [0.1, 0.15) is 5.82 Å². The average Bonchev–Trinajstić information content (AvgIpc) is 2.33. The highest BCUT2D eigenvalue weighted by Crippen LogP contribution is 2.19. The van der Waals surface area contributed by atoms with E-state index in [1.165, 1.54) is 18.2 Å². The minimum Gasteiger partial charge on any atom is -0.347 e. The van der Waals surface area contributed by atoms with Crippen molar-refractivity contribution in [3.05, 3.63) is 34.1 Å². The number of rotatable bonds is 2. The van der Waals surface area contributed by atoms with Crippen molar-refractivity contribution in [3.63, 3.8) is 0 Å². The van der Waals surface area contributed by atoms with Crippen LogP contribution >= 0.6 is 15.9 Å². The van der Waals surface area contributed by atoms with E-state index in [0.717, 1.165) is 0 Å². The Morgan fingerprint density at radius 2 is 2.26 bits per heavy atom. The van der Waals surface area contributed by atoms with Crippen molar-refractivity contribution >= 4 is 27.7 Å². The molecule has 1 aromatic carbocycles. The van der Waals surface area contributed by atoms with Crippen molar-refractivity contribution in [1.82, 2.24) is 10.2 Å². The van der Waals surface area contributed by atoms with E-state index in [9.17, 15) is 14.0 Å². The molecule has 102 valence electrons. The molecule has 0 saturated carbocycles. The van der Waals surface area contributed by atoms with Gasteiger partial charge in [-0.1, -0.05) is 0 Å². The SMILES string of the molecule is CN1CC(NC(=O)c2ccc(F)cc2Br)CCC1=O. The molecule has 2 amide bonds. The zero-order valence-corrected chi connectivity index (χ0v) is 12.0. The van der Waals surface area contributed by atoms with Gasteiger partial charge in [0.05, 0.1) is 5.56 Å². The van der Waals surface area contributed by atoms with E-state index < -0.39 is 5.82 Å². The van der Waals surface area contributed by atoms with Gasteiger partial charge in [-0.25, -0.2) is 4.39 Å². The number of hydrogen-bond acceptors (Lipinski definition) is 2. The van der Waals surface area contributed by atoms with E-state index in [1.807, 2.05) is 0 Å². The third-order valence-corrected chi connectivity index (χ3v) is 3.79. The predicted octanol–water partition coefficient (Wildman–Crippen LogP) is 1.94. The van der Waals surface area contributed by atoms with Gasteiger partial charge in [0, 0.05) is 30.5 Å². The number of likely N-dealkylation sites (N-methyl/N-ethyl adjacent to an activating group) is 1. The van der Waals surface area contributed by atoms with Crippen molar-refractivity contribution in [1.29, 1.82) is 0 Å². The number of piperidine rings is 1. The molecule has 1 aliphatic heterocycles. The highest BCUT2D eigenvalue weighted by Gasteiger charge is 2.24. The number of halogens is 2. The lowest BCUT2D eigenvalue weighted by molar-refractivity contribution is -0.132. The van der Waals surface area contributed by atoms with E-state index >= 15 is 0 Å². The maximum Gasteiger partial charge on any atom is 0.252 e. The molecule has 1 aliphatic rings. The van der Waals surface area contributed by atoms with Crippen molar-refractivity contribution in [2.45, 2.75) is 18.9 Å². The molecule has 1 atom stereocenters. The Kier molecular flexibility index (Phi) is 4.19. The molecule has 0 radical (unpaired) electrons. The molecule has 2 rings (SSSR count). The van der Waals surface area contributed by atoms with Crippen LogP contribution in [0.4, 0.5) is 4.39 Å². The zero-order valence-electron chi connectivity index (χ0n) is 10.5. The summed E-state index contributed by atoms with van der Waals surface area (Å²) in [6, 6.07) is 3.88. The van der Waals surface area contributed by atoms with Crippen molar-refractivity contribution in [2.75, 3.05) is 13.6 Å². The quantitative estimate of drug-likeness (QED) is 0.901. The van der Waals surface area contributed by atoms with E-state index in [4.69, 9.17) is 0 Å². The van der Waals surface area contributed by atoms with Gasteiger partial charge < -0.3 is 10.2 Å². The van der Waals surface area contributed by atoms with Crippen LogP contribution in [0.3, 0.4) is 0 Å². The van der Waals surface area contributed by atoms with E-state index in [1.54, 1.807) is 11.9 Å². The van der Waals surface area contributed by atoms with Gasteiger partial charge in [-0.3, -0.25) is 9.59 Å². The molecular weight excluding hydrogens is 315 g/mol. The molecule has 0 aliphatic carbocycles. The normalized spacial score (nSPS) is 19.4. The summed E-state index contributed by atoms with van der Waals surface area (Å²) in [4.78, 5) is 25.0. The number of hydrogen-bond donors (Lipinski definition) is 1. The summed E-state index contributed by atoms with van der Waals surface area (Å²) < 4.78 is 13.4. The Morgan fingerprint density at radius 1 is 1.53 bits per heavy atom. The van der Waals surface area contributed by atoms with Gasteiger partial charge in [-0.05, 0) is 40.5 Å². The van der Waals surface area contributed by atoms with Gasteiger partial charge in [0.15, 0.2) is 0 Å². The van der Waals surface area contributed by atoms with Crippen LogP contribution < -0.4 is 5.32 Å². The molecule has 1 aromatic rings. The van der Waals surface area contributed by atoms with Crippen LogP contribution in [0.5, 0.6) is 0 Å². The van der Waals surface area contributed by atoms with E-state index in [-0.39, 0.29) is 17.9 Å². The molecule has 0 aromatic heterocycles. The van der Waals surface area contributed by atoms with Crippen LogP contribution in [-0.2, 0) is 4.79 Å². The van der Waals surface area contributed by atoms with Crippen LogP contribution in [0.1, 0.15) is 23.2 Å². The molecular formula is C13H14BrFN2O2. The largest absolute Gasteiger partial charge is 0.347 e. The summed E-state index contributed by atoms with van der Waals surface area (Å²) in [5, 5.41) is 2.86. The standard InChI is InChI=1S/C13H14BrFN2O2/c1-17-7-9(3-5-12(17)18)16-13(19)10-4-2-8(15)6-11(10)14/h2,4,6,9H,3,5,7H2,1H3,(H,16,19). The fraction of sp³-hybridized carbons (Fsp3) is 0.385. The topological polar surface area (TPSA) is 49.4 Å². The molecule has 0 bridgehead atoms. The van der Waals surface area contributed by atoms with Gasteiger partial charge in [-0.15, -0.1) is 0 Å². The van der Waals surface area contributed by atoms with Crippen LogP contribution in [0.2, 0.25) is 0 Å². The molecule has 1 N–H and O–H groups in total. The summed E-state index contributed by atoms with van der Waals surface area (Å²) in [6.45, 7) is 0.503. The molecule has 1 fully saturated rings. The number of carbonyl (C=O) groups excluding carboxylic acids is 2. The highest BCUT2D eigenvalue weighted by molar-refractivity contribution is 9.10. The van der Waals surface area contributed by atoms with Gasteiger partial charge in [0.25, 0.3) is 5.91 Å². The average molecular weight is 329 g/mol. The Hall–Kier alpha value is -1.43. The van der Waals surface area contributed by atoms with E-state index in [2.05, 4.69) is 21.2 Å². The maximum absolute atomic E-state index is 13.0. The molecule has 1 saturated heterocycles. The number of benzene rings is 1. The lowest BCUT2D eigenvalue weighted by Crippen LogP contribution is -2.48. The first kappa shape index (κ1) is 14.0. The Bertz CT molecular complexity index is 521. The van der Waals surface area contributed by atoms with Crippen LogP contribution in [-0.4, -0.2) is 36.3 Å². The predicted molar refractivity (Wildman–Crippen MR) is 72.2 cm³/mol. The van der Waals surface area contributed by atoms with Crippen molar-refractivity contribution in [2.24, 2.45) is 0 Å². The minimum atomic E-state index is -0.397. The second-order valence-electron chi connectivity index (χ2n) is 4.61. The molecule has 0 spiro atoms. The first-order chi connectivity index (χ1) is 8.97. The fourth-order valence-electron chi connectivity index (χ4n) is 2.07. The van der Waals surface area contributed by atoms with Crippen LogP contribution in [0, 0.1) is 5.82 Å². The Labute approximate surface area is 119 Å². The number of carbonyl (C=O) groups is 2. The second kappa shape index (κ2) is 5.69. The third-order valence-electron chi connectivity index (χ3n) is 3.14. The molecule has 4 nitrogen and oxygen atoms in total. The van der Waals surface area contributed by atoms with Crippen molar-refractivity contribution < 1.29 is 14.0 Å². The third kappa shape index (κ3) is 3.32. The number of likely N-dealkylation sites (tertiary alicyclic amines) is 1. The van der Waals surface area contributed by atoms with Crippen LogP contribution in [0.15, 0.2) is 22.7 Å². The summed E-state index contributed by atoms with van der Waals surface area (Å²) in [5.41, 5.74) is 0.390. The second-order valence-corrected chi connectivity index (χ2v) is 5.46. The first-order valence-corrected chi connectivity index (χ1v) is 6.76. The maximum atomic E-state index is 13.0. The summed E-state index contributed by atoms with van der Waals surface area (Å²) in [5.74, 6) is -0.570. The lowest BCUT2D eigenvalue weighted by atomic mass is 10.1. The summed E-state index contributed by atoms with van der Waals surface area (Å²) in [7, 11) is 1.72. The minimum absolute atomic E-state index is 0.0628. The highest BCUT2D eigenvalue weighted by atomic mass is 79.9. The summed E-state index contributed by atoms with van der Waals surface area (Å²) in [6.07, 6.45) is 1.07. The fourth-order valence-corrected chi connectivity index (χ4v) is 2.60. The molecule has 19 heavy (non-hydrogen) atoms. The monoisotopic (exact) mass is 328 g/mol. The van der Waals surface area contributed by atoms with Crippen molar-refractivity contribution in [3.8, 4) is 0 Å². The first-order valence-electron chi connectivity index (χ1n) is 5.97. The number of nitrogens with zero attached hydrogens (tertiary/aromatic N) is 1. The Morgan fingerprint density at radius 3 is 2.89 bits per heavy atom. The number of nitrogens with one attached hydrogen (secondary N) is 1. The summed E-state index contributed by atoms with van der Waals surface area (Å²) >= 11 is 3.17. The molecule has 1 heterocycles. The lowest BCUT2D eigenvalue weighted by Gasteiger charge is -2.30. The molecule has 1 unspecified atom stereocenters. The number of amides is 2.